The van der Waals surface area contributed by atoms with Gasteiger partial charge in [0.05, 0.1) is 11.6 Å². The third-order valence-electron chi connectivity index (χ3n) is 3.01. The lowest BCUT2D eigenvalue weighted by Gasteiger charge is -2.21. The lowest BCUT2D eigenvalue weighted by atomic mass is 9.96. The largest absolute Gasteiger partial charge is 0.463 e. The van der Waals surface area contributed by atoms with Crippen molar-refractivity contribution < 1.29 is 19.2 Å². The Morgan fingerprint density at radius 3 is 2.67 bits per heavy atom. The van der Waals surface area contributed by atoms with Crippen LogP contribution in [-0.2, 0) is 14.4 Å². The van der Waals surface area contributed by atoms with Gasteiger partial charge in [-0.15, -0.1) is 0 Å². The number of carbonyl (C=O) groups excluding carboxylic acids is 2. The van der Waals surface area contributed by atoms with Crippen LogP contribution in [0.25, 0.3) is 0 Å². The van der Waals surface area contributed by atoms with Crippen molar-refractivity contribution >= 4 is 29.3 Å². The minimum absolute atomic E-state index is 0.242. The van der Waals surface area contributed by atoms with Gasteiger partial charge >= 0.3 is 12.0 Å². The van der Waals surface area contributed by atoms with E-state index in [0.29, 0.717) is 28.7 Å². The number of hydrogen-bond acceptors (Lipinski definition) is 5. The number of oxime groups is 1. The molecular formula is C16H22ClN3O4. The normalized spacial score (nSPS) is 19.3. The molecule has 2 amide bonds. The molecule has 1 aliphatic rings. The van der Waals surface area contributed by atoms with Gasteiger partial charge in [0.1, 0.15) is 12.3 Å². The SMILES string of the molecule is CCON=C1C(Cl)=CC=C(NC(=O)NC(C)=CC(=O)OCC)C1C. The second-order valence-corrected chi connectivity index (χ2v) is 5.32. The molecular weight excluding hydrogens is 334 g/mol. The number of nitrogens with one attached hydrogen (secondary N) is 2. The maximum atomic E-state index is 12.0. The van der Waals surface area contributed by atoms with Gasteiger partial charge in [-0.2, -0.15) is 0 Å². The van der Waals surface area contributed by atoms with Gasteiger partial charge in [0.25, 0.3) is 0 Å². The summed E-state index contributed by atoms with van der Waals surface area (Å²) in [6, 6.07) is -0.478. The molecule has 7 nitrogen and oxygen atoms in total. The number of esters is 1. The number of urea groups is 1. The summed E-state index contributed by atoms with van der Waals surface area (Å²) < 4.78 is 4.77. The highest BCUT2D eigenvalue weighted by Gasteiger charge is 2.24. The van der Waals surface area contributed by atoms with E-state index in [1.54, 1.807) is 26.0 Å². The minimum Gasteiger partial charge on any atom is -0.463 e. The van der Waals surface area contributed by atoms with E-state index in [1.165, 1.54) is 6.08 Å². The first-order valence-electron chi connectivity index (χ1n) is 7.59. The Kier molecular flexibility index (Phi) is 8.05. The van der Waals surface area contributed by atoms with Crippen molar-refractivity contribution in [2.24, 2.45) is 11.1 Å². The molecule has 0 spiro atoms. The van der Waals surface area contributed by atoms with Crippen molar-refractivity contribution in [2.75, 3.05) is 13.2 Å². The van der Waals surface area contributed by atoms with Crippen LogP contribution in [0, 0.1) is 5.92 Å². The third-order valence-corrected chi connectivity index (χ3v) is 3.33. The van der Waals surface area contributed by atoms with Crippen LogP contribution < -0.4 is 10.6 Å². The van der Waals surface area contributed by atoms with E-state index in [2.05, 4.69) is 15.8 Å². The monoisotopic (exact) mass is 355 g/mol. The van der Waals surface area contributed by atoms with Crippen molar-refractivity contribution in [3.8, 4) is 0 Å². The zero-order valence-electron chi connectivity index (χ0n) is 14.2. The fourth-order valence-electron chi connectivity index (χ4n) is 1.89. The first-order valence-corrected chi connectivity index (χ1v) is 7.97. The Balaban J connectivity index is 2.71. The van der Waals surface area contributed by atoms with Crippen LogP contribution >= 0.6 is 11.6 Å². The average molecular weight is 356 g/mol. The van der Waals surface area contributed by atoms with Gasteiger partial charge in [0.2, 0.25) is 0 Å². The lowest BCUT2D eigenvalue weighted by Crippen LogP contribution is -2.38. The molecule has 0 radical (unpaired) electrons. The van der Waals surface area contributed by atoms with E-state index >= 15 is 0 Å². The van der Waals surface area contributed by atoms with Gasteiger partial charge in [-0.05, 0) is 32.9 Å². The summed E-state index contributed by atoms with van der Waals surface area (Å²) in [5, 5.41) is 9.69. The molecule has 0 fully saturated rings. The fourth-order valence-corrected chi connectivity index (χ4v) is 2.15. The Morgan fingerprint density at radius 2 is 2.04 bits per heavy atom. The first kappa shape index (κ1) is 19.8. The van der Waals surface area contributed by atoms with Crippen molar-refractivity contribution in [2.45, 2.75) is 27.7 Å². The van der Waals surface area contributed by atoms with Crippen LogP contribution in [0.5, 0.6) is 0 Å². The molecule has 2 N–H and O–H groups in total. The Bertz CT molecular complexity index is 608. The number of rotatable bonds is 6. The molecule has 8 heteroatoms. The summed E-state index contributed by atoms with van der Waals surface area (Å²) in [5.41, 5.74) is 1.51. The van der Waals surface area contributed by atoms with E-state index in [4.69, 9.17) is 21.2 Å². The maximum absolute atomic E-state index is 12.0. The molecule has 0 aromatic rings. The molecule has 1 unspecified atom stereocenters. The maximum Gasteiger partial charge on any atom is 0.332 e. The molecule has 0 aliphatic heterocycles. The number of halogens is 1. The summed E-state index contributed by atoms with van der Waals surface area (Å²) in [6.07, 6.45) is 4.54. The molecule has 1 rings (SSSR count). The first-order chi connectivity index (χ1) is 11.4. The van der Waals surface area contributed by atoms with Crippen molar-refractivity contribution in [1.82, 2.24) is 10.6 Å². The quantitative estimate of drug-likeness (QED) is 0.435. The van der Waals surface area contributed by atoms with E-state index in [1.807, 2.05) is 13.8 Å². The molecule has 24 heavy (non-hydrogen) atoms. The average Bonchev–Trinajstić information content (AvgIpc) is 2.50. The zero-order chi connectivity index (χ0) is 18.1. The van der Waals surface area contributed by atoms with Crippen LogP contribution in [0.2, 0.25) is 0 Å². The van der Waals surface area contributed by atoms with Gasteiger partial charge in [-0.1, -0.05) is 23.7 Å². The number of amides is 2. The van der Waals surface area contributed by atoms with Crippen LogP contribution in [0.4, 0.5) is 4.79 Å². The highest BCUT2D eigenvalue weighted by molar-refractivity contribution is 6.44. The molecule has 0 saturated heterocycles. The van der Waals surface area contributed by atoms with E-state index in [0.717, 1.165) is 0 Å². The van der Waals surface area contributed by atoms with Gasteiger partial charge in [0.15, 0.2) is 0 Å². The van der Waals surface area contributed by atoms with Crippen LogP contribution in [-0.4, -0.2) is 30.9 Å². The Labute approximate surface area is 146 Å². The van der Waals surface area contributed by atoms with Gasteiger partial charge in [0, 0.05) is 23.4 Å². The zero-order valence-corrected chi connectivity index (χ0v) is 14.9. The summed E-state index contributed by atoms with van der Waals surface area (Å²) in [5.74, 6) is -0.754. The van der Waals surface area contributed by atoms with Crippen LogP contribution in [0.1, 0.15) is 27.7 Å². The standard InChI is InChI=1S/C16H22ClN3O4/c1-5-23-14(21)9-10(3)18-16(22)19-13-8-7-12(17)15(11(13)4)20-24-6-2/h7-9,11H,5-6H2,1-4H3,(H2,18,19,22). The van der Waals surface area contributed by atoms with Crippen molar-refractivity contribution in [3.05, 3.63) is 34.7 Å². The van der Waals surface area contributed by atoms with Crippen molar-refractivity contribution in [3.63, 3.8) is 0 Å². The smallest absolute Gasteiger partial charge is 0.332 e. The topological polar surface area (TPSA) is 89.0 Å². The number of nitrogens with zero attached hydrogens (tertiary/aromatic N) is 1. The number of hydrogen-bond donors (Lipinski definition) is 2. The minimum atomic E-state index is -0.513. The fraction of sp³-hybridized carbons (Fsp3) is 0.438. The van der Waals surface area contributed by atoms with Gasteiger partial charge < -0.3 is 20.2 Å². The Morgan fingerprint density at radius 1 is 1.33 bits per heavy atom. The third kappa shape index (κ3) is 6.08. The summed E-state index contributed by atoms with van der Waals surface area (Å²) >= 11 is 6.10. The molecule has 0 bridgehead atoms. The van der Waals surface area contributed by atoms with Gasteiger partial charge in [-0.25, -0.2) is 9.59 Å². The number of ether oxygens (including phenoxy) is 1. The van der Waals surface area contributed by atoms with Crippen LogP contribution in [0.3, 0.4) is 0 Å². The predicted molar refractivity (Wildman–Crippen MR) is 92.3 cm³/mol. The van der Waals surface area contributed by atoms with E-state index in [-0.39, 0.29) is 12.5 Å². The van der Waals surface area contributed by atoms with Gasteiger partial charge in [-0.3, -0.25) is 0 Å². The highest BCUT2D eigenvalue weighted by atomic mass is 35.5. The van der Waals surface area contributed by atoms with Crippen LogP contribution in [0.15, 0.2) is 39.8 Å². The summed E-state index contributed by atoms with van der Waals surface area (Å²) in [4.78, 5) is 28.4. The molecule has 0 aromatic heterocycles. The molecule has 0 aromatic carbocycles. The Hall–Kier alpha value is -2.28. The van der Waals surface area contributed by atoms with E-state index in [9.17, 15) is 9.59 Å². The lowest BCUT2D eigenvalue weighted by molar-refractivity contribution is -0.137. The number of allylic oxidation sites excluding steroid dienone is 5. The summed E-state index contributed by atoms with van der Waals surface area (Å²) in [7, 11) is 0. The highest BCUT2D eigenvalue weighted by Crippen LogP contribution is 2.23. The summed E-state index contributed by atoms with van der Waals surface area (Å²) in [6.45, 7) is 7.66. The molecule has 0 heterocycles. The van der Waals surface area contributed by atoms with E-state index < -0.39 is 12.0 Å². The van der Waals surface area contributed by atoms with Crippen molar-refractivity contribution in [1.29, 1.82) is 0 Å². The molecule has 0 saturated carbocycles. The second kappa shape index (κ2) is 9.77. The molecule has 1 atom stereocenters. The molecule has 1 aliphatic carbocycles. The molecule has 132 valence electrons. The number of carbonyl (C=O) groups is 2. The predicted octanol–water partition coefficient (Wildman–Crippen LogP) is 2.80. The second-order valence-electron chi connectivity index (χ2n) is 4.91.